The van der Waals surface area contributed by atoms with Crippen LogP contribution in [0, 0.1) is 34.5 Å². The third kappa shape index (κ3) is 3.03. The first-order valence-corrected chi connectivity index (χ1v) is 11.7. The fourth-order valence-electron chi connectivity index (χ4n) is 7.87. The van der Waals surface area contributed by atoms with E-state index >= 15 is 0 Å². The van der Waals surface area contributed by atoms with Gasteiger partial charge in [0.2, 0.25) is 0 Å². The molecule has 3 heteroatoms. The number of unbranched alkanes of at least 4 members (excludes halogenated alkanes) is 1. The second-order valence-electron chi connectivity index (χ2n) is 10.6. The van der Waals surface area contributed by atoms with Crippen LogP contribution in [0.5, 0.6) is 0 Å². The van der Waals surface area contributed by atoms with Crippen LogP contribution in [0.2, 0.25) is 0 Å². The fraction of sp³-hybridized carbons (Fsp3) is 0.840. The van der Waals surface area contributed by atoms with Crippen LogP contribution in [0.25, 0.3) is 0 Å². The lowest BCUT2D eigenvalue weighted by atomic mass is 9.45. The largest absolute Gasteiger partial charge is 0.393 e. The van der Waals surface area contributed by atoms with Crippen LogP contribution in [-0.4, -0.2) is 22.9 Å². The van der Waals surface area contributed by atoms with Crippen LogP contribution in [0.4, 0.5) is 4.39 Å². The molecule has 28 heavy (non-hydrogen) atoms. The molecular weight excluding hydrogens is 351 g/mol. The summed E-state index contributed by atoms with van der Waals surface area (Å²) in [4.78, 5) is 0. The molecule has 3 saturated carbocycles. The van der Waals surface area contributed by atoms with E-state index in [0.29, 0.717) is 23.7 Å². The van der Waals surface area contributed by atoms with Crippen LogP contribution >= 0.6 is 0 Å². The van der Waals surface area contributed by atoms with Crippen molar-refractivity contribution in [2.24, 2.45) is 34.5 Å². The van der Waals surface area contributed by atoms with E-state index in [4.69, 9.17) is 0 Å². The summed E-state index contributed by atoms with van der Waals surface area (Å²) in [7, 11) is 0. The lowest BCUT2D eigenvalue weighted by molar-refractivity contribution is -0.0509. The molecule has 0 aromatic carbocycles. The highest BCUT2D eigenvalue weighted by Gasteiger charge is 2.59. The van der Waals surface area contributed by atoms with Gasteiger partial charge in [0.25, 0.3) is 0 Å². The third-order valence-electron chi connectivity index (χ3n) is 9.39. The van der Waals surface area contributed by atoms with E-state index in [1.165, 1.54) is 24.8 Å². The van der Waals surface area contributed by atoms with E-state index in [-0.39, 0.29) is 22.8 Å². The van der Waals surface area contributed by atoms with Crippen LogP contribution < -0.4 is 0 Å². The Kier molecular flexibility index (Phi) is 5.55. The number of aliphatic hydroxyl groups excluding tert-OH is 2. The molecule has 3 fully saturated rings. The average Bonchev–Trinajstić information content (AvgIpc) is 3.03. The first-order chi connectivity index (χ1) is 13.3. The van der Waals surface area contributed by atoms with Crippen molar-refractivity contribution in [2.75, 3.05) is 6.61 Å². The molecule has 0 saturated heterocycles. The summed E-state index contributed by atoms with van der Waals surface area (Å²) in [6, 6.07) is 0. The van der Waals surface area contributed by atoms with E-state index < -0.39 is 6.61 Å². The molecule has 4 aliphatic carbocycles. The maximum atomic E-state index is 14.6. The van der Waals surface area contributed by atoms with E-state index in [1.54, 1.807) is 0 Å². The van der Waals surface area contributed by atoms with Gasteiger partial charge in [-0.3, -0.25) is 0 Å². The third-order valence-corrected chi connectivity index (χ3v) is 9.39. The number of halogens is 1. The summed E-state index contributed by atoms with van der Waals surface area (Å²) in [6.45, 7) is 6.57. The van der Waals surface area contributed by atoms with Gasteiger partial charge < -0.3 is 10.2 Å². The molecule has 0 aromatic rings. The SMILES string of the molecule is CCCC[C@H]1C=C2C[C@@H](O)CC[C@]2(C)[C@H]2CC[C@]3(C)C(=C(F)CO)CC[C@H]3[C@H]12. The van der Waals surface area contributed by atoms with E-state index in [1.807, 2.05) is 0 Å². The summed E-state index contributed by atoms with van der Waals surface area (Å²) in [5.74, 6) is 2.13. The summed E-state index contributed by atoms with van der Waals surface area (Å²) < 4.78 is 14.6. The highest BCUT2D eigenvalue weighted by Crippen LogP contribution is 2.68. The van der Waals surface area contributed by atoms with Crippen LogP contribution in [0.3, 0.4) is 0 Å². The highest BCUT2D eigenvalue weighted by atomic mass is 19.1. The van der Waals surface area contributed by atoms with E-state index in [9.17, 15) is 14.6 Å². The van der Waals surface area contributed by atoms with Gasteiger partial charge in [0.05, 0.1) is 12.7 Å². The van der Waals surface area contributed by atoms with Gasteiger partial charge in [-0.25, -0.2) is 4.39 Å². The fourth-order valence-corrected chi connectivity index (χ4v) is 7.87. The molecule has 158 valence electrons. The Hall–Kier alpha value is -0.670. The second kappa shape index (κ2) is 7.54. The Morgan fingerprint density at radius 1 is 1.14 bits per heavy atom. The van der Waals surface area contributed by atoms with Crippen molar-refractivity contribution in [3.8, 4) is 0 Å². The monoisotopic (exact) mass is 390 g/mol. The average molecular weight is 391 g/mol. The molecule has 0 bridgehead atoms. The van der Waals surface area contributed by atoms with Crippen molar-refractivity contribution >= 4 is 0 Å². The van der Waals surface area contributed by atoms with E-state index in [2.05, 4.69) is 26.8 Å². The van der Waals surface area contributed by atoms with Crippen molar-refractivity contribution in [1.82, 2.24) is 0 Å². The molecule has 0 aliphatic heterocycles. The minimum Gasteiger partial charge on any atom is -0.393 e. The zero-order chi connectivity index (χ0) is 20.1. The molecule has 0 amide bonds. The van der Waals surface area contributed by atoms with Gasteiger partial charge in [-0.2, -0.15) is 0 Å². The molecule has 2 nitrogen and oxygen atoms in total. The second-order valence-corrected chi connectivity index (χ2v) is 10.6. The quantitative estimate of drug-likeness (QED) is 0.583. The van der Waals surface area contributed by atoms with E-state index in [0.717, 1.165) is 50.5 Å². The normalized spacial score (nSPS) is 47.1. The maximum Gasteiger partial charge on any atom is 0.125 e. The zero-order valence-corrected chi connectivity index (χ0v) is 18.0. The van der Waals surface area contributed by atoms with Gasteiger partial charge >= 0.3 is 0 Å². The maximum absolute atomic E-state index is 14.6. The van der Waals surface area contributed by atoms with Crippen LogP contribution in [0.15, 0.2) is 23.0 Å². The Morgan fingerprint density at radius 3 is 2.57 bits per heavy atom. The van der Waals surface area contributed by atoms with Crippen LogP contribution in [0.1, 0.15) is 85.0 Å². The number of allylic oxidation sites excluding steroid dienone is 2. The van der Waals surface area contributed by atoms with Gasteiger partial charge in [0.15, 0.2) is 0 Å². The summed E-state index contributed by atoms with van der Waals surface area (Å²) in [5, 5.41) is 19.8. The number of fused-ring (bicyclic) bond motifs is 5. The minimum absolute atomic E-state index is 0.0751. The van der Waals surface area contributed by atoms with Gasteiger partial charge in [0.1, 0.15) is 5.83 Å². The van der Waals surface area contributed by atoms with Crippen molar-refractivity contribution in [3.63, 3.8) is 0 Å². The van der Waals surface area contributed by atoms with Gasteiger partial charge in [-0.05, 0) is 91.4 Å². The molecule has 7 atom stereocenters. The molecule has 0 unspecified atom stereocenters. The highest BCUT2D eigenvalue weighted by molar-refractivity contribution is 5.31. The Bertz CT molecular complexity index is 667. The van der Waals surface area contributed by atoms with Crippen molar-refractivity contribution in [2.45, 2.75) is 91.1 Å². The van der Waals surface area contributed by atoms with Gasteiger partial charge in [-0.1, -0.05) is 45.3 Å². The lowest BCUT2D eigenvalue weighted by Gasteiger charge is -2.59. The predicted octanol–water partition coefficient (Wildman–Crippen LogP) is 5.94. The summed E-state index contributed by atoms with van der Waals surface area (Å²) >= 11 is 0. The first kappa shape index (κ1) is 20.6. The minimum atomic E-state index is -0.440. The van der Waals surface area contributed by atoms with Crippen LogP contribution in [-0.2, 0) is 0 Å². The topological polar surface area (TPSA) is 40.5 Å². The van der Waals surface area contributed by atoms with Crippen molar-refractivity contribution in [1.29, 1.82) is 0 Å². The van der Waals surface area contributed by atoms with Gasteiger partial charge in [-0.15, -0.1) is 0 Å². The first-order valence-electron chi connectivity index (χ1n) is 11.7. The zero-order valence-electron chi connectivity index (χ0n) is 18.0. The lowest BCUT2D eigenvalue weighted by Crippen LogP contribution is -2.52. The number of aliphatic hydroxyl groups is 2. The summed E-state index contributed by atoms with van der Waals surface area (Å²) in [6.07, 6.45) is 13.1. The molecule has 0 heterocycles. The smallest absolute Gasteiger partial charge is 0.125 e. The Morgan fingerprint density at radius 2 is 1.86 bits per heavy atom. The van der Waals surface area contributed by atoms with Crippen molar-refractivity contribution < 1.29 is 14.6 Å². The number of hydrogen-bond acceptors (Lipinski definition) is 2. The molecule has 0 radical (unpaired) electrons. The molecule has 0 aromatic heterocycles. The molecule has 4 aliphatic rings. The molecular formula is C25H39FO2. The van der Waals surface area contributed by atoms with Gasteiger partial charge in [0, 0.05) is 0 Å². The predicted molar refractivity (Wildman–Crippen MR) is 111 cm³/mol. The molecule has 2 N–H and O–H groups in total. The molecule has 0 spiro atoms. The van der Waals surface area contributed by atoms with Crippen molar-refractivity contribution in [3.05, 3.63) is 23.0 Å². The Labute approximate surface area is 170 Å². The molecule has 4 rings (SSSR count). The Balaban J connectivity index is 1.74. The number of rotatable bonds is 4. The summed E-state index contributed by atoms with van der Waals surface area (Å²) in [5.41, 5.74) is 2.59. The standard InChI is InChI=1S/C25H39FO2/c1-4-5-6-16-13-17-14-18(28)9-11-24(17,2)21-10-12-25(3)19(22(26)15-27)7-8-20(25)23(16)21/h13,16,18,20-21,23,27-28H,4-12,14-15H2,1-3H3/t16-,18-,20-,21-,23-,24-,25+/m0/s1. The number of hydrogen-bond donors (Lipinski definition) is 2.